The van der Waals surface area contributed by atoms with Gasteiger partial charge in [0.1, 0.15) is 17.5 Å². The molecule has 5 aromatic rings. The molecule has 1 fully saturated rings. The van der Waals surface area contributed by atoms with E-state index in [4.69, 9.17) is 9.72 Å². The second-order valence-electron chi connectivity index (χ2n) is 12.0. The van der Waals surface area contributed by atoms with Crippen LogP contribution in [0.5, 0.6) is 0 Å². The van der Waals surface area contributed by atoms with Crippen LogP contribution in [0.15, 0.2) is 103 Å². The summed E-state index contributed by atoms with van der Waals surface area (Å²) in [6, 6.07) is 31.9. The third-order valence-electron chi connectivity index (χ3n) is 9.25. The van der Waals surface area contributed by atoms with E-state index < -0.39 is 23.3 Å². The Kier molecular flexibility index (Phi) is 8.37. The van der Waals surface area contributed by atoms with Gasteiger partial charge in [-0.3, -0.25) is 4.90 Å². The van der Waals surface area contributed by atoms with Gasteiger partial charge in [-0.15, -0.1) is 0 Å². The van der Waals surface area contributed by atoms with Crippen LogP contribution >= 0.6 is 0 Å². The highest BCUT2D eigenvalue weighted by Crippen LogP contribution is 2.52. The SMILES string of the molecule is O=C(NCc1ccc(F)cc1F)OC1(CCCCN2CCN(c3ccc4ccccc4n3)CC2)c2ccccc2-c2ccccc21. The number of carbonyl (C=O) groups excluding carboxylic acids is 1. The van der Waals surface area contributed by atoms with E-state index in [-0.39, 0.29) is 12.1 Å². The number of fused-ring (bicyclic) bond motifs is 4. The Hall–Kier alpha value is -4.82. The molecule has 0 saturated carbocycles. The van der Waals surface area contributed by atoms with Gasteiger partial charge in [-0.25, -0.2) is 18.6 Å². The molecule has 6 nitrogen and oxygen atoms in total. The molecule has 7 rings (SSSR count). The molecule has 46 heavy (non-hydrogen) atoms. The lowest BCUT2D eigenvalue weighted by atomic mass is 9.86. The number of nitrogens with zero attached hydrogens (tertiary/aromatic N) is 3. The Bertz CT molecular complexity index is 1830. The lowest BCUT2D eigenvalue weighted by Crippen LogP contribution is -2.47. The van der Waals surface area contributed by atoms with Gasteiger partial charge in [0.05, 0.1) is 5.52 Å². The zero-order valence-corrected chi connectivity index (χ0v) is 25.6. The number of aromatic nitrogens is 1. The lowest BCUT2D eigenvalue weighted by molar-refractivity contribution is 0.0325. The number of ether oxygens (including phenoxy) is 1. The number of benzene rings is 4. The van der Waals surface area contributed by atoms with E-state index in [1.54, 1.807) is 0 Å². The number of pyridine rings is 1. The molecule has 0 bridgehead atoms. The van der Waals surface area contributed by atoms with Gasteiger partial charge in [-0.2, -0.15) is 0 Å². The number of piperazine rings is 1. The molecule has 1 aromatic heterocycles. The van der Waals surface area contributed by atoms with Gasteiger partial charge in [0, 0.05) is 60.9 Å². The molecule has 0 radical (unpaired) electrons. The fraction of sp³-hybridized carbons (Fsp3) is 0.263. The van der Waals surface area contributed by atoms with E-state index in [0.717, 1.165) is 90.6 Å². The number of nitrogens with one attached hydrogen (secondary N) is 1. The first kappa shape index (κ1) is 29.9. The number of unbranched alkanes of at least 4 members (excludes halogenated alkanes) is 1. The second-order valence-corrected chi connectivity index (χ2v) is 12.0. The van der Waals surface area contributed by atoms with Crippen molar-refractivity contribution in [3.05, 3.63) is 131 Å². The van der Waals surface area contributed by atoms with Crippen molar-refractivity contribution in [1.29, 1.82) is 0 Å². The zero-order valence-electron chi connectivity index (χ0n) is 25.6. The zero-order chi connectivity index (χ0) is 31.5. The molecule has 1 aliphatic heterocycles. The molecule has 2 aliphatic rings. The predicted molar refractivity (Wildman–Crippen MR) is 177 cm³/mol. The quantitative estimate of drug-likeness (QED) is 0.172. The number of alkyl carbamates (subject to hydrolysis) is 1. The predicted octanol–water partition coefficient (Wildman–Crippen LogP) is 7.66. The summed E-state index contributed by atoms with van der Waals surface area (Å²) in [5.41, 5.74) is 4.24. The van der Waals surface area contributed by atoms with Gasteiger partial charge in [-0.05, 0) is 61.2 Å². The van der Waals surface area contributed by atoms with Crippen molar-refractivity contribution in [2.45, 2.75) is 31.4 Å². The van der Waals surface area contributed by atoms with E-state index in [1.807, 2.05) is 48.5 Å². The van der Waals surface area contributed by atoms with E-state index in [0.29, 0.717) is 6.42 Å². The Balaban J connectivity index is 1.01. The van der Waals surface area contributed by atoms with Crippen LogP contribution in [-0.4, -0.2) is 48.7 Å². The molecule has 8 heteroatoms. The van der Waals surface area contributed by atoms with Crippen molar-refractivity contribution < 1.29 is 18.3 Å². The molecule has 1 saturated heterocycles. The number of rotatable bonds is 9. The van der Waals surface area contributed by atoms with Gasteiger partial charge < -0.3 is 15.0 Å². The van der Waals surface area contributed by atoms with E-state index in [2.05, 4.69) is 51.5 Å². The fourth-order valence-electron chi connectivity index (χ4n) is 6.88. The Morgan fingerprint density at radius 3 is 2.24 bits per heavy atom. The third kappa shape index (κ3) is 5.93. The number of carbonyl (C=O) groups is 1. The molecule has 2 heterocycles. The average molecular weight is 619 g/mol. The maximum Gasteiger partial charge on any atom is 0.408 e. The van der Waals surface area contributed by atoms with Crippen molar-refractivity contribution in [2.75, 3.05) is 37.6 Å². The normalized spacial score (nSPS) is 15.4. The molecule has 1 amide bonds. The minimum atomic E-state index is -0.973. The molecule has 234 valence electrons. The summed E-state index contributed by atoms with van der Waals surface area (Å²) in [7, 11) is 0. The van der Waals surface area contributed by atoms with Crippen molar-refractivity contribution in [3.8, 4) is 11.1 Å². The van der Waals surface area contributed by atoms with Crippen LogP contribution in [0.25, 0.3) is 22.0 Å². The Morgan fingerprint density at radius 2 is 1.50 bits per heavy atom. The summed E-state index contributed by atoms with van der Waals surface area (Å²) >= 11 is 0. The first-order valence-corrected chi connectivity index (χ1v) is 15.9. The molecular weight excluding hydrogens is 582 g/mol. The maximum absolute atomic E-state index is 14.3. The van der Waals surface area contributed by atoms with Gasteiger partial charge in [0.2, 0.25) is 0 Å². The van der Waals surface area contributed by atoms with E-state index in [9.17, 15) is 13.6 Å². The molecule has 1 N–H and O–H groups in total. The Labute approximate surface area is 267 Å². The first-order valence-electron chi connectivity index (χ1n) is 15.9. The summed E-state index contributed by atoms with van der Waals surface area (Å²) in [6.07, 6.45) is 1.76. The minimum absolute atomic E-state index is 0.106. The highest BCUT2D eigenvalue weighted by atomic mass is 19.1. The van der Waals surface area contributed by atoms with Crippen LogP contribution in [0.1, 0.15) is 36.0 Å². The number of hydrogen-bond donors (Lipinski definition) is 1. The monoisotopic (exact) mass is 618 g/mol. The highest BCUT2D eigenvalue weighted by Gasteiger charge is 2.46. The summed E-state index contributed by atoms with van der Waals surface area (Å²) in [4.78, 5) is 23.1. The molecule has 4 aromatic carbocycles. The number of amides is 1. The second kappa shape index (κ2) is 12.9. The van der Waals surface area contributed by atoms with Gasteiger partial charge in [0.25, 0.3) is 0 Å². The summed E-state index contributed by atoms with van der Waals surface area (Å²) < 4.78 is 34.0. The van der Waals surface area contributed by atoms with Crippen LogP contribution < -0.4 is 10.2 Å². The molecular formula is C38H36F2N4O2. The number of hydrogen-bond acceptors (Lipinski definition) is 5. The average Bonchev–Trinajstić information content (AvgIpc) is 3.36. The first-order chi connectivity index (χ1) is 22.5. The van der Waals surface area contributed by atoms with Crippen LogP contribution in [-0.2, 0) is 16.9 Å². The van der Waals surface area contributed by atoms with Crippen molar-refractivity contribution in [2.24, 2.45) is 0 Å². The number of para-hydroxylation sites is 1. The third-order valence-corrected chi connectivity index (χ3v) is 9.25. The maximum atomic E-state index is 14.3. The van der Waals surface area contributed by atoms with Crippen molar-refractivity contribution >= 4 is 22.8 Å². The van der Waals surface area contributed by atoms with Crippen LogP contribution in [0, 0.1) is 11.6 Å². The van der Waals surface area contributed by atoms with Crippen molar-refractivity contribution in [3.63, 3.8) is 0 Å². The molecule has 0 spiro atoms. The van der Waals surface area contributed by atoms with Gasteiger partial charge >= 0.3 is 6.09 Å². The van der Waals surface area contributed by atoms with Gasteiger partial charge in [0.15, 0.2) is 5.60 Å². The van der Waals surface area contributed by atoms with E-state index in [1.165, 1.54) is 12.1 Å². The lowest BCUT2D eigenvalue weighted by Gasteiger charge is -2.36. The standard InChI is InChI=1S/C38H36F2N4O2/c39-29-17-15-28(34(40)25-29)26-41-37(45)46-38(32-12-4-2-10-30(32)31-11-3-5-13-33(31)38)19-7-8-20-43-21-23-44(24-22-43)36-18-16-27-9-1-6-14-35(27)42-36/h1-6,9-18,25H,7-8,19-24,26H2,(H,41,45). The molecule has 0 unspecified atom stereocenters. The molecule has 0 atom stereocenters. The summed E-state index contributed by atoms with van der Waals surface area (Å²) in [5, 5.41) is 3.85. The highest BCUT2D eigenvalue weighted by molar-refractivity contribution is 5.82. The Morgan fingerprint density at radius 1 is 0.804 bits per heavy atom. The smallest absolute Gasteiger partial charge is 0.408 e. The molecule has 1 aliphatic carbocycles. The van der Waals surface area contributed by atoms with Gasteiger partial charge in [-0.1, -0.05) is 72.8 Å². The fourth-order valence-corrected chi connectivity index (χ4v) is 6.88. The number of anilines is 1. The summed E-state index contributed by atoms with van der Waals surface area (Å²) in [6.45, 7) is 4.62. The summed E-state index contributed by atoms with van der Waals surface area (Å²) in [5.74, 6) is -0.344. The van der Waals surface area contributed by atoms with Crippen LogP contribution in [0.4, 0.5) is 19.4 Å². The van der Waals surface area contributed by atoms with Crippen LogP contribution in [0.2, 0.25) is 0 Å². The minimum Gasteiger partial charge on any atom is -0.433 e. The van der Waals surface area contributed by atoms with Crippen molar-refractivity contribution in [1.82, 2.24) is 15.2 Å². The topological polar surface area (TPSA) is 57.7 Å². The van der Waals surface area contributed by atoms with E-state index >= 15 is 0 Å². The number of halogens is 2. The largest absolute Gasteiger partial charge is 0.433 e. The van der Waals surface area contributed by atoms with Crippen LogP contribution in [0.3, 0.4) is 0 Å².